The molecule has 6 nitrogen and oxygen atoms in total. The van der Waals surface area contributed by atoms with Crippen LogP contribution >= 0.6 is 0 Å². The second-order valence-electron chi connectivity index (χ2n) is 10.6. The Bertz CT molecular complexity index is 1360. The van der Waals surface area contributed by atoms with Crippen LogP contribution in [-0.2, 0) is 12.1 Å². The Kier molecular flexibility index (Phi) is 8.23. The fraction of sp³-hybridized carbons (Fsp3) is 0.355. The van der Waals surface area contributed by atoms with E-state index < -0.39 is 36.0 Å². The summed E-state index contributed by atoms with van der Waals surface area (Å²) in [7, 11) is 1.64. The Morgan fingerprint density at radius 1 is 1.12 bits per heavy atom. The van der Waals surface area contributed by atoms with Gasteiger partial charge in [0.25, 0.3) is 0 Å². The number of benzene rings is 2. The normalized spacial score (nSPS) is 23.5. The number of pyridine rings is 1. The zero-order valence-electron chi connectivity index (χ0n) is 22.4. The van der Waals surface area contributed by atoms with Crippen molar-refractivity contribution in [3.8, 4) is 0 Å². The maximum absolute atomic E-state index is 15.2. The zero-order valence-corrected chi connectivity index (χ0v) is 22.4. The lowest BCUT2D eigenvalue weighted by atomic mass is 9.89. The number of hydrogen-bond acceptors (Lipinski definition) is 4. The number of amides is 2. The van der Waals surface area contributed by atoms with Gasteiger partial charge in [0.05, 0.1) is 6.61 Å². The molecule has 2 aromatic carbocycles. The number of halogens is 3. The van der Waals surface area contributed by atoms with Crippen molar-refractivity contribution >= 4 is 11.6 Å². The molecule has 1 fully saturated rings. The summed E-state index contributed by atoms with van der Waals surface area (Å²) in [5, 5.41) is 10.7. The molecule has 2 amide bonds. The van der Waals surface area contributed by atoms with E-state index in [0.29, 0.717) is 30.6 Å². The molecule has 0 bridgehead atoms. The van der Waals surface area contributed by atoms with Crippen LogP contribution < -0.4 is 0 Å². The molecule has 3 atom stereocenters. The Balaban J connectivity index is 1.41. The molecule has 1 N–H and O–H groups in total. The molecule has 9 heteroatoms. The SMILES string of the molecule is CN(C(=O)N1CC(c2cc(F)ccc2F)=C[C@@]1(CO)c1ccccc1)C1CCN(Cc2ccncc2)CC(F)C1. The fourth-order valence-corrected chi connectivity index (χ4v) is 5.84. The summed E-state index contributed by atoms with van der Waals surface area (Å²) < 4.78 is 44.1. The molecule has 2 aliphatic heterocycles. The lowest BCUT2D eigenvalue weighted by Crippen LogP contribution is -2.54. The molecule has 3 heterocycles. The maximum atomic E-state index is 15.2. The van der Waals surface area contributed by atoms with Gasteiger partial charge in [0.1, 0.15) is 23.3 Å². The first-order valence-electron chi connectivity index (χ1n) is 13.4. The van der Waals surface area contributed by atoms with Crippen molar-refractivity contribution in [1.82, 2.24) is 19.7 Å². The van der Waals surface area contributed by atoms with Crippen molar-refractivity contribution in [3.63, 3.8) is 0 Å². The predicted molar refractivity (Wildman–Crippen MR) is 147 cm³/mol. The number of hydrogen-bond donors (Lipinski definition) is 1. The molecule has 0 spiro atoms. The molecular formula is C31H33F3N4O2. The van der Waals surface area contributed by atoms with Crippen molar-refractivity contribution in [1.29, 1.82) is 0 Å². The summed E-state index contributed by atoms with van der Waals surface area (Å²) in [5.74, 6) is -1.22. The van der Waals surface area contributed by atoms with E-state index in [1.807, 2.05) is 23.1 Å². The first kappa shape index (κ1) is 27.9. The average Bonchev–Trinajstić information content (AvgIpc) is 3.27. The number of urea groups is 1. The van der Waals surface area contributed by atoms with E-state index in [1.165, 1.54) is 9.80 Å². The molecule has 40 heavy (non-hydrogen) atoms. The Labute approximate surface area is 232 Å². The highest BCUT2D eigenvalue weighted by atomic mass is 19.1. The smallest absolute Gasteiger partial charge is 0.321 e. The minimum Gasteiger partial charge on any atom is -0.393 e. The van der Waals surface area contributed by atoms with Crippen LogP contribution in [0, 0.1) is 11.6 Å². The van der Waals surface area contributed by atoms with Gasteiger partial charge in [-0.25, -0.2) is 18.0 Å². The quantitative estimate of drug-likeness (QED) is 0.469. The highest BCUT2D eigenvalue weighted by Gasteiger charge is 2.46. The number of aliphatic hydroxyl groups is 1. The zero-order chi connectivity index (χ0) is 28.3. The van der Waals surface area contributed by atoms with E-state index in [4.69, 9.17) is 0 Å². The molecule has 5 rings (SSSR count). The molecule has 2 unspecified atom stereocenters. The topological polar surface area (TPSA) is 59.9 Å². The number of likely N-dealkylation sites (tertiary alicyclic amines) is 1. The van der Waals surface area contributed by atoms with Gasteiger partial charge >= 0.3 is 6.03 Å². The lowest BCUT2D eigenvalue weighted by molar-refractivity contribution is 0.0758. The van der Waals surface area contributed by atoms with E-state index in [2.05, 4.69) is 4.98 Å². The van der Waals surface area contributed by atoms with Crippen molar-refractivity contribution in [2.45, 2.75) is 37.1 Å². The van der Waals surface area contributed by atoms with Gasteiger partial charge < -0.3 is 14.9 Å². The van der Waals surface area contributed by atoms with Crippen LogP contribution in [-0.4, -0.2) is 76.3 Å². The minimum atomic E-state index is -1.30. The molecule has 1 saturated heterocycles. The van der Waals surface area contributed by atoms with Gasteiger partial charge in [-0.3, -0.25) is 9.88 Å². The number of carbonyl (C=O) groups excluding carboxylic acids is 1. The third-order valence-corrected chi connectivity index (χ3v) is 8.01. The Morgan fingerprint density at radius 2 is 1.88 bits per heavy atom. The van der Waals surface area contributed by atoms with Gasteiger partial charge in [0, 0.05) is 63.6 Å². The largest absolute Gasteiger partial charge is 0.393 e. The van der Waals surface area contributed by atoms with Gasteiger partial charge in [0.2, 0.25) is 0 Å². The maximum Gasteiger partial charge on any atom is 0.321 e. The third-order valence-electron chi connectivity index (χ3n) is 8.01. The van der Waals surface area contributed by atoms with Crippen LogP contribution in [0.2, 0.25) is 0 Å². The van der Waals surface area contributed by atoms with Gasteiger partial charge in [-0.15, -0.1) is 0 Å². The van der Waals surface area contributed by atoms with Crippen molar-refractivity contribution in [3.05, 3.63) is 107 Å². The van der Waals surface area contributed by atoms with Gasteiger partial charge in [-0.1, -0.05) is 30.3 Å². The molecule has 0 saturated carbocycles. The number of rotatable bonds is 6. The van der Waals surface area contributed by atoms with Crippen LogP contribution in [0.5, 0.6) is 0 Å². The number of aliphatic hydroxyl groups excluding tert-OH is 1. The van der Waals surface area contributed by atoms with Crippen molar-refractivity contribution in [2.24, 2.45) is 0 Å². The first-order valence-corrected chi connectivity index (χ1v) is 13.4. The first-order chi connectivity index (χ1) is 19.3. The van der Waals surface area contributed by atoms with E-state index in [9.17, 15) is 18.7 Å². The van der Waals surface area contributed by atoms with E-state index in [0.717, 1.165) is 23.8 Å². The molecule has 0 aliphatic carbocycles. The minimum absolute atomic E-state index is 0.0387. The standard InChI is InChI=1S/C31H33F3N4O2/c1-36(27-11-14-37(20-26(33)15-27)18-22-9-12-35-13-10-22)30(40)38-19-23(28-16-25(32)7-8-29(28)34)17-31(38,21-39)24-5-3-2-4-6-24/h2-10,12-13,16-17,26-27,39H,11,14-15,18-21H2,1H3/t26?,27?,31-/m1/s1. The molecule has 1 aromatic heterocycles. The summed E-state index contributed by atoms with van der Waals surface area (Å²) in [5.41, 5.74) is 0.814. The van der Waals surface area contributed by atoms with Crippen LogP contribution in [0.1, 0.15) is 29.5 Å². The summed E-state index contributed by atoms with van der Waals surface area (Å²) in [6, 6.07) is 15.2. The highest BCUT2D eigenvalue weighted by molar-refractivity contribution is 5.83. The third kappa shape index (κ3) is 5.62. The second kappa shape index (κ2) is 11.8. The van der Waals surface area contributed by atoms with Crippen LogP contribution in [0.15, 0.2) is 79.1 Å². The second-order valence-corrected chi connectivity index (χ2v) is 10.6. The number of alkyl halides is 1. The van der Waals surface area contributed by atoms with Gasteiger partial charge in [0.15, 0.2) is 0 Å². The number of aromatic nitrogens is 1. The molecule has 0 radical (unpaired) electrons. The Hall–Kier alpha value is -3.69. The van der Waals surface area contributed by atoms with E-state index >= 15 is 4.39 Å². The summed E-state index contributed by atoms with van der Waals surface area (Å²) in [6.07, 6.45) is 4.69. The summed E-state index contributed by atoms with van der Waals surface area (Å²) in [6.45, 7) is 0.951. The van der Waals surface area contributed by atoms with Crippen LogP contribution in [0.25, 0.3) is 5.57 Å². The molecule has 210 valence electrons. The van der Waals surface area contributed by atoms with Crippen LogP contribution in [0.4, 0.5) is 18.0 Å². The van der Waals surface area contributed by atoms with Crippen molar-refractivity contribution < 1.29 is 23.1 Å². The lowest BCUT2D eigenvalue weighted by Gasteiger charge is -2.41. The van der Waals surface area contributed by atoms with Gasteiger partial charge in [-0.05, 0) is 59.5 Å². The van der Waals surface area contributed by atoms with Crippen molar-refractivity contribution in [2.75, 3.05) is 33.3 Å². The number of nitrogens with zero attached hydrogens (tertiary/aromatic N) is 4. The van der Waals surface area contributed by atoms with Crippen LogP contribution in [0.3, 0.4) is 0 Å². The highest BCUT2D eigenvalue weighted by Crippen LogP contribution is 2.41. The summed E-state index contributed by atoms with van der Waals surface area (Å²) in [4.78, 5) is 23.2. The fourth-order valence-electron chi connectivity index (χ4n) is 5.84. The predicted octanol–water partition coefficient (Wildman–Crippen LogP) is 5.00. The Morgan fingerprint density at radius 3 is 2.60 bits per heavy atom. The molecule has 2 aliphatic rings. The molecule has 3 aromatic rings. The average molecular weight is 551 g/mol. The van der Waals surface area contributed by atoms with Gasteiger partial charge in [-0.2, -0.15) is 0 Å². The number of carbonyl (C=O) groups is 1. The molecular weight excluding hydrogens is 517 g/mol. The summed E-state index contributed by atoms with van der Waals surface area (Å²) >= 11 is 0. The monoisotopic (exact) mass is 550 g/mol. The van der Waals surface area contributed by atoms with E-state index in [1.54, 1.807) is 49.8 Å². The van der Waals surface area contributed by atoms with E-state index in [-0.39, 0.29) is 31.1 Å².